The van der Waals surface area contributed by atoms with Gasteiger partial charge < -0.3 is 4.74 Å². The van der Waals surface area contributed by atoms with Crippen molar-refractivity contribution in [3.05, 3.63) is 0 Å². The first kappa shape index (κ1) is 6.26. The summed E-state index contributed by atoms with van der Waals surface area (Å²) >= 11 is 0. The van der Waals surface area contributed by atoms with E-state index in [4.69, 9.17) is 0 Å². The average molecular weight is 128 g/mol. The van der Waals surface area contributed by atoms with Gasteiger partial charge in [0.2, 0.25) is 0 Å². The van der Waals surface area contributed by atoms with Gasteiger partial charge >= 0.3 is 5.97 Å². The second-order valence-corrected chi connectivity index (χ2v) is 2.58. The maximum absolute atomic E-state index is 10.8. The SMILES string of the molecule is CC1(C)OC(=O)CC1=O. The molecule has 0 amide bonds. The van der Waals surface area contributed by atoms with E-state index in [2.05, 4.69) is 4.74 Å². The molecule has 3 nitrogen and oxygen atoms in total. The highest BCUT2D eigenvalue weighted by atomic mass is 16.6. The van der Waals surface area contributed by atoms with Gasteiger partial charge in [0.15, 0.2) is 11.4 Å². The van der Waals surface area contributed by atoms with Gasteiger partial charge in [-0.15, -0.1) is 0 Å². The molecule has 0 radical (unpaired) electrons. The van der Waals surface area contributed by atoms with Gasteiger partial charge in [0, 0.05) is 0 Å². The summed E-state index contributed by atoms with van der Waals surface area (Å²) in [5.74, 6) is -0.544. The van der Waals surface area contributed by atoms with E-state index in [9.17, 15) is 9.59 Å². The number of hydrogen-bond donors (Lipinski definition) is 0. The lowest BCUT2D eigenvalue weighted by molar-refractivity contribution is -0.148. The Morgan fingerprint density at radius 3 is 2.11 bits per heavy atom. The van der Waals surface area contributed by atoms with E-state index in [-0.39, 0.29) is 12.2 Å². The molecule has 1 rings (SSSR count). The van der Waals surface area contributed by atoms with E-state index < -0.39 is 11.6 Å². The van der Waals surface area contributed by atoms with Crippen molar-refractivity contribution in [1.82, 2.24) is 0 Å². The van der Waals surface area contributed by atoms with Crippen LogP contribution < -0.4 is 0 Å². The van der Waals surface area contributed by atoms with Crippen LogP contribution in [0.2, 0.25) is 0 Å². The maximum atomic E-state index is 10.8. The van der Waals surface area contributed by atoms with Crippen molar-refractivity contribution in [3.8, 4) is 0 Å². The Morgan fingerprint density at radius 1 is 1.44 bits per heavy atom. The molecule has 0 bridgehead atoms. The van der Waals surface area contributed by atoms with E-state index in [1.54, 1.807) is 13.8 Å². The molecule has 50 valence electrons. The minimum atomic E-state index is -0.864. The largest absolute Gasteiger partial charge is 0.451 e. The zero-order valence-electron chi connectivity index (χ0n) is 5.43. The lowest BCUT2D eigenvalue weighted by Gasteiger charge is -2.12. The summed E-state index contributed by atoms with van der Waals surface area (Å²) < 4.78 is 4.67. The van der Waals surface area contributed by atoms with Crippen LogP contribution in [0.5, 0.6) is 0 Å². The van der Waals surface area contributed by atoms with Crippen molar-refractivity contribution in [3.63, 3.8) is 0 Å². The quantitative estimate of drug-likeness (QED) is 0.347. The van der Waals surface area contributed by atoms with Crippen LogP contribution in [0.1, 0.15) is 20.3 Å². The van der Waals surface area contributed by atoms with Crippen molar-refractivity contribution < 1.29 is 14.3 Å². The predicted molar refractivity (Wildman–Crippen MR) is 29.8 cm³/mol. The van der Waals surface area contributed by atoms with Gasteiger partial charge in [-0.05, 0) is 13.8 Å². The number of cyclic esters (lactones) is 1. The first-order valence-electron chi connectivity index (χ1n) is 2.77. The van der Waals surface area contributed by atoms with Crippen LogP contribution >= 0.6 is 0 Å². The lowest BCUT2D eigenvalue weighted by atomic mass is 10.1. The number of hydrogen-bond acceptors (Lipinski definition) is 3. The Labute approximate surface area is 53.0 Å². The fourth-order valence-corrected chi connectivity index (χ4v) is 0.722. The first-order valence-corrected chi connectivity index (χ1v) is 2.77. The van der Waals surface area contributed by atoms with Crippen LogP contribution in [0, 0.1) is 0 Å². The molecule has 0 spiro atoms. The van der Waals surface area contributed by atoms with Crippen molar-refractivity contribution in [2.45, 2.75) is 25.9 Å². The molecular weight excluding hydrogens is 120 g/mol. The average Bonchev–Trinajstić information content (AvgIpc) is 1.79. The second kappa shape index (κ2) is 1.56. The maximum Gasteiger partial charge on any atom is 0.314 e. The van der Waals surface area contributed by atoms with Gasteiger partial charge in [0.25, 0.3) is 0 Å². The summed E-state index contributed by atoms with van der Waals surface area (Å²) in [5.41, 5.74) is -0.864. The highest BCUT2D eigenvalue weighted by Crippen LogP contribution is 2.20. The standard InChI is InChI=1S/C6H8O3/c1-6(2)4(7)3-5(8)9-6/h3H2,1-2H3. The third-order valence-electron chi connectivity index (χ3n) is 1.35. The van der Waals surface area contributed by atoms with Crippen LogP contribution in [0.25, 0.3) is 0 Å². The van der Waals surface area contributed by atoms with E-state index >= 15 is 0 Å². The number of Topliss-reactive ketones (excluding diaryl/α,β-unsaturated/α-hetero) is 1. The van der Waals surface area contributed by atoms with Gasteiger partial charge in [-0.2, -0.15) is 0 Å². The summed E-state index contributed by atoms with van der Waals surface area (Å²) in [6, 6.07) is 0. The van der Waals surface area contributed by atoms with Crippen molar-refractivity contribution in [1.29, 1.82) is 0 Å². The molecular formula is C6H8O3. The Kier molecular flexibility index (Phi) is 1.08. The minimum absolute atomic E-state index is 0.0625. The zero-order valence-corrected chi connectivity index (χ0v) is 5.43. The number of carbonyl (C=O) groups excluding carboxylic acids is 2. The molecule has 1 fully saturated rings. The smallest absolute Gasteiger partial charge is 0.314 e. The van der Waals surface area contributed by atoms with Gasteiger partial charge in [0.1, 0.15) is 6.42 Å². The second-order valence-electron chi connectivity index (χ2n) is 2.58. The summed E-state index contributed by atoms with van der Waals surface area (Å²) in [6.07, 6.45) is -0.0625. The normalized spacial score (nSPS) is 24.2. The highest BCUT2D eigenvalue weighted by molar-refractivity contribution is 6.05. The van der Waals surface area contributed by atoms with Crippen LogP contribution in [0.15, 0.2) is 0 Å². The van der Waals surface area contributed by atoms with Crippen LogP contribution in [0.4, 0.5) is 0 Å². The Morgan fingerprint density at radius 2 is 2.00 bits per heavy atom. The van der Waals surface area contributed by atoms with E-state index in [0.29, 0.717) is 0 Å². The molecule has 0 aromatic rings. The van der Waals surface area contributed by atoms with Gasteiger partial charge in [-0.1, -0.05) is 0 Å². The number of esters is 1. The minimum Gasteiger partial charge on any atom is -0.451 e. The topological polar surface area (TPSA) is 43.4 Å². The summed E-state index contributed by atoms with van der Waals surface area (Å²) in [6.45, 7) is 3.19. The fourth-order valence-electron chi connectivity index (χ4n) is 0.722. The Balaban J connectivity index is 2.81. The molecule has 1 heterocycles. The molecule has 1 aliphatic heterocycles. The van der Waals surface area contributed by atoms with Crippen LogP contribution in [-0.4, -0.2) is 17.4 Å². The third kappa shape index (κ3) is 0.943. The van der Waals surface area contributed by atoms with Crippen molar-refractivity contribution >= 4 is 11.8 Å². The van der Waals surface area contributed by atoms with Crippen LogP contribution in [-0.2, 0) is 14.3 Å². The third-order valence-corrected chi connectivity index (χ3v) is 1.35. The molecule has 0 aromatic carbocycles. The molecule has 0 aliphatic carbocycles. The van der Waals surface area contributed by atoms with Crippen molar-refractivity contribution in [2.24, 2.45) is 0 Å². The molecule has 1 aliphatic rings. The van der Waals surface area contributed by atoms with E-state index in [1.807, 2.05) is 0 Å². The summed E-state index contributed by atoms with van der Waals surface area (Å²) in [7, 11) is 0. The van der Waals surface area contributed by atoms with E-state index in [0.717, 1.165) is 0 Å². The fraction of sp³-hybridized carbons (Fsp3) is 0.667. The number of ketones is 1. The lowest BCUT2D eigenvalue weighted by Crippen LogP contribution is -2.26. The number of carbonyl (C=O) groups is 2. The molecule has 1 saturated heterocycles. The predicted octanol–water partition coefficient (Wildman–Crippen LogP) is 0.281. The van der Waals surface area contributed by atoms with Crippen molar-refractivity contribution in [2.75, 3.05) is 0 Å². The van der Waals surface area contributed by atoms with Gasteiger partial charge in [-0.25, -0.2) is 0 Å². The first-order chi connectivity index (χ1) is 4.02. The highest BCUT2D eigenvalue weighted by Gasteiger charge is 2.39. The molecule has 0 N–H and O–H groups in total. The molecule has 9 heavy (non-hydrogen) atoms. The molecule has 0 atom stereocenters. The summed E-state index contributed by atoms with van der Waals surface area (Å²) in [4.78, 5) is 21.2. The molecule has 0 saturated carbocycles. The van der Waals surface area contributed by atoms with Crippen LogP contribution in [0.3, 0.4) is 0 Å². The summed E-state index contributed by atoms with van der Waals surface area (Å²) in [5, 5.41) is 0. The number of rotatable bonds is 0. The Hall–Kier alpha value is -0.860. The van der Waals surface area contributed by atoms with Gasteiger partial charge in [-0.3, -0.25) is 9.59 Å². The molecule has 0 aromatic heterocycles. The molecule has 0 unspecified atom stereocenters. The van der Waals surface area contributed by atoms with Gasteiger partial charge in [0.05, 0.1) is 0 Å². The number of ether oxygens (including phenoxy) is 1. The van der Waals surface area contributed by atoms with E-state index in [1.165, 1.54) is 0 Å². The monoisotopic (exact) mass is 128 g/mol. The molecule has 3 heteroatoms. The zero-order chi connectivity index (χ0) is 7.07. The Bertz CT molecular complexity index is 169.